The Morgan fingerprint density at radius 3 is 2.82 bits per heavy atom. The fraction of sp³-hybridized carbons (Fsp3) is 0.364. The van der Waals surface area contributed by atoms with E-state index < -0.39 is 4.92 Å². The first-order valence-corrected chi connectivity index (χ1v) is 6.07. The molecule has 0 unspecified atom stereocenters. The summed E-state index contributed by atoms with van der Waals surface area (Å²) in [6.07, 6.45) is 1.87. The van der Waals surface area contributed by atoms with E-state index in [1.54, 1.807) is 0 Å². The van der Waals surface area contributed by atoms with Crippen LogP contribution in [0.25, 0.3) is 0 Å². The van der Waals surface area contributed by atoms with Crippen molar-refractivity contribution in [2.24, 2.45) is 0 Å². The van der Waals surface area contributed by atoms with Crippen LogP contribution in [0.3, 0.4) is 0 Å². The van der Waals surface area contributed by atoms with E-state index in [1.807, 2.05) is 6.92 Å². The lowest BCUT2D eigenvalue weighted by Gasteiger charge is -2.05. The van der Waals surface area contributed by atoms with Crippen molar-refractivity contribution in [1.29, 1.82) is 0 Å². The van der Waals surface area contributed by atoms with Gasteiger partial charge in [0.25, 0.3) is 11.6 Å². The molecule has 1 amide bonds. The molecule has 0 aliphatic carbocycles. The topological polar surface area (TPSA) is 72.2 Å². The van der Waals surface area contributed by atoms with Crippen LogP contribution in [-0.2, 0) is 0 Å². The Morgan fingerprint density at radius 2 is 2.24 bits per heavy atom. The quantitative estimate of drug-likeness (QED) is 0.516. The zero-order valence-corrected chi connectivity index (χ0v) is 11.0. The second kappa shape index (κ2) is 6.34. The van der Waals surface area contributed by atoms with Crippen LogP contribution in [0.15, 0.2) is 22.7 Å². The van der Waals surface area contributed by atoms with Gasteiger partial charge in [0.05, 0.1) is 10.5 Å². The molecule has 6 heteroatoms. The summed E-state index contributed by atoms with van der Waals surface area (Å²) in [7, 11) is 0. The summed E-state index contributed by atoms with van der Waals surface area (Å²) in [6.45, 7) is 2.60. The van der Waals surface area contributed by atoms with Gasteiger partial charge in [0.1, 0.15) is 0 Å². The van der Waals surface area contributed by atoms with Crippen molar-refractivity contribution < 1.29 is 9.72 Å². The standard InChI is InChI=1S/C11H13BrN2O3/c1-2-3-6-13-11(15)9-7-8(14(16)17)4-5-10(9)12/h4-5,7H,2-3,6H2,1H3,(H,13,15). The molecule has 0 saturated carbocycles. The van der Waals surface area contributed by atoms with E-state index in [1.165, 1.54) is 18.2 Å². The molecule has 0 fully saturated rings. The van der Waals surface area contributed by atoms with Crippen molar-refractivity contribution >= 4 is 27.5 Å². The number of nitrogens with zero attached hydrogens (tertiary/aromatic N) is 1. The highest BCUT2D eigenvalue weighted by Gasteiger charge is 2.14. The Morgan fingerprint density at radius 1 is 1.53 bits per heavy atom. The predicted octanol–water partition coefficient (Wildman–Crippen LogP) is 2.89. The van der Waals surface area contributed by atoms with Crippen molar-refractivity contribution in [3.05, 3.63) is 38.3 Å². The average molecular weight is 301 g/mol. The number of nitro groups is 1. The molecule has 0 atom stereocenters. The van der Waals surface area contributed by atoms with Gasteiger partial charge in [-0.3, -0.25) is 14.9 Å². The lowest BCUT2D eigenvalue weighted by atomic mass is 10.2. The highest BCUT2D eigenvalue weighted by molar-refractivity contribution is 9.10. The molecular weight excluding hydrogens is 288 g/mol. The molecule has 0 aliphatic rings. The van der Waals surface area contributed by atoms with Crippen LogP contribution >= 0.6 is 15.9 Å². The van der Waals surface area contributed by atoms with Crippen molar-refractivity contribution in [2.45, 2.75) is 19.8 Å². The number of non-ortho nitro benzene ring substituents is 1. The van der Waals surface area contributed by atoms with Gasteiger partial charge in [-0.2, -0.15) is 0 Å². The summed E-state index contributed by atoms with van der Waals surface area (Å²) in [5.41, 5.74) is 0.198. The number of rotatable bonds is 5. The van der Waals surface area contributed by atoms with Crippen LogP contribution in [0.4, 0.5) is 5.69 Å². The molecule has 1 aromatic rings. The summed E-state index contributed by atoms with van der Waals surface area (Å²) < 4.78 is 0.553. The van der Waals surface area contributed by atoms with Gasteiger partial charge in [-0.25, -0.2) is 0 Å². The van der Waals surface area contributed by atoms with Gasteiger partial charge in [0, 0.05) is 23.2 Å². The maximum Gasteiger partial charge on any atom is 0.270 e. The fourth-order valence-corrected chi connectivity index (χ4v) is 1.70. The Labute approximate surface area is 107 Å². The highest BCUT2D eigenvalue weighted by Crippen LogP contribution is 2.22. The maximum absolute atomic E-state index is 11.8. The number of nitrogens with one attached hydrogen (secondary N) is 1. The summed E-state index contributed by atoms with van der Waals surface area (Å²) in [4.78, 5) is 21.8. The summed E-state index contributed by atoms with van der Waals surface area (Å²) in [5.74, 6) is -0.297. The lowest BCUT2D eigenvalue weighted by Crippen LogP contribution is -2.24. The SMILES string of the molecule is CCCCNC(=O)c1cc([N+](=O)[O-])ccc1Br. The third-order valence-electron chi connectivity index (χ3n) is 2.22. The molecule has 1 N–H and O–H groups in total. The number of amides is 1. The molecule has 0 bridgehead atoms. The third-order valence-corrected chi connectivity index (χ3v) is 2.91. The van der Waals surface area contributed by atoms with Crippen LogP contribution in [0, 0.1) is 10.1 Å². The molecule has 0 spiro atoms. The molecule has 17 heavy (non-hydrogen) atoms. The van der Waals surface area contributed by atoms with E-state index in [2.05, 4.69) is 21.2 Å². The summed E-state index contributed by atoms with van der Waals surface area (Å²) in [5, 5.41) is 13.3. The van der Waals surface area contributed by atoms with E-state index in [-0.39, 0.29) is 17.2 Å². The van der Waals surface area contributed by atoms with Gasteiger partial charge in [-0.1, -0.05) is 13.3 Å². The monoisotopic (exact) mass is 300 g/mol. The van der Waals surface area contributed by atoms with Gasteiger partial charge < -0.3 is 5.32 Å². The minimum Gasteiger partial charge on any atom is -0.352 e. The van der Waals surface area contributed by atoms with Gasteiger partial charge in [0.15, 0.2) is 0 Å². The molecule has 5 nitrogen and oxygen atoms in total. The molecule has 0 heterocycles. The molecule has 0 aliphatic heterocycles. The van der Waals surface area contributed by atoms with Crippen LogP contribution in [0.1, 0.15) is 30.1 Å². The van der Waals surface area contributed by atoms with E-state index >= 15 is 0 Å². The second-order valence-corrected chi connectivity index (χ2v) is 4.39. The Bertz CT molecular complexity index is 435. The smallest absolute Gasteiger partial charge is 0.270 e. The first kappa shape index (κ1) is 13.6. The van der Waals surface area contributed by atoms with E-state index in [9.17, 15) is 14.9 Å². The molecule has 0 radical (unpaired) electrons. The van der Waals surface area contributed by atoms with Crippen LogP contribution in [-0.4, -0.2) is 17.4 Å². The number of halogens is 1. The number of unbranched alkanes of at least 4 members (excludes halogenated alkanes) is 1. The normalized spacial score (nSPS) is 10.0. The molecular formula is C11H13BrN2O3. The average Bonchev–Trinajstić information content (AvgIpc) is 2.29. The second-order valence-electron chi connectivity index (χ2n) is 3.53. The molecule has 0 saturated heterocycles. The fourth-order valence-electron chi connectivity index (χ4n) is 1.27. The zero-order valence-electron chi connectivity index (χ0n) is 9.40. The number of nitro benzene ring substituents is 1. The minimum absolute atomic E-state index is 0.0890. The Hall–Kier alpha value is -1.43. The number of hydrogen-bond acceptors (Lipinski definition) is 3. The van der Waals surface area contributed by atoms with Crippen molar-refractivity contribution in [3.63, 3.8) is 0 Å². The number of benzene rings is 1. The predicted molar refractivity (Wildman–Crippen MR) is 68.0 cm³/mol. The molecule has 92 valence electrons. The van der Waals surface area contributed by atoms with Crippen LogP contribution < -0.4 is 5.32 Å². The molecule has 1 rings (SSSR count). The van der Waals surface area contributed by atoms with Gasteiger partial charge in [-0.15, -0.1) is 0 Å². The van der Waals surface area contributed by atoms with Crippen molar-refractivity contribution in [2.75, 3.05) is 6.54 Å². The third kappa shape index (κ3) is 3.81. The largest absolute Gasteiger partial charge is 0.352 e. The van der Waals surface area contributed by atoms with Crippen molar-refractivity contribution in [1.82, 2.24) is 5.32 Å². The minimum atomic E-state index is -0.519. The summed E-state index contributed by atoms with van der Waals surface area (Å²) in [6, 6.07) is 4.13. The first-order chi connectivity index (χ1) is 8.06. The first-order valence-electron chi connectivity index (χ1n) is 5.28. The Kier molecular flexibility index (Phi) is 5.09. The zero-order chi connectivity index (χ0) is 12.8. The van der Waals surface area contributed by atoms with E-state index in [0.29, 0.717) is 11.0 Å². The molecule has 0 aromatic heterocycles. The van der Waals surface area contributed by atoms with Gasteiger partial charge in [-0.05, 0) is 28.4 Å². The van der Waals surface area contributed by atoms with Gasteiger partial charge in [0.2, 0.25) is 0 Å². The molecule has 1 aromatic carbocycles. The van der Waals surface area contributed by atoms with E-state index in [0.717, 1.165) is 12.8 Å². The maximum atomic E-state index is 11.8. The summed E-state index contributed by atoms with van der Waals surface area (Å²) >= 11 is 3.21. The van der Waals surface area contributed by atoms with Crippen LogP contribution in [0.5, 0.6) is 0 Å². The highest BCUT2D eigenvalue weighted by atomic mass is 79.9. The van der Waals surface area contributed by atoms with Crippen LogP contribution in [0.2, 0.25) is 0 Å². The number of carbonyl (C=O) groups excluding carboxylic acids is 1. The number of hydrogen-bond donors (Lipinski definition) is 1. The van der Waals surface area contributed by atoms with E-state index in [4.69, 9.17) is 0 Å². The lowest BCUT2D eigenvalue weighted by molar-refractivity contribution is -0.384. The number of carbonyl (C=O) groups is 1. The van der Waals surface area contributed by atoms with Gasteiger partial charge >= 0.3 is 0 Å². The van der Waals surface area contributed by atoms with Crippen molar-refractivity contribution in [3.8, 4) is 0 Å². The Balaban J connectivity index is 2.84.